The van der Waals surface area contributed by atoms with Crippen LogP contribution in [0.5, 0.6) is 0 Å². The first kappa shape index (κ1) is 14.5. The second kappa shape index (κ2) is 6.04. The normalized spacial score (nSPS) is 19.3. The van der Waals surface area contributed by atoms with Crippen molar-refractivity contribution in [1.29, 1.82) is 0 Å². The van der Waals surface area contributed by atoms with E-state index in [2.05, 4.69) is 46.1 Å². The molecule has 1 aliphatic rings. The SMILES string of the molecule is CCC(CC)(C(N)c1sccc1Br)N1CCCC1. The van der Waals surface area contributed by atoms with Crippen molar-refractivity contribution in [3.8, 4) is 0 Å². The van der Waals surface area contributed by atoms with Gasteiger partial charge in [0.05, 0.1) is 6.04 Å². The lowest BCUT2D eigenvalue weighted by molar-refractivity contribution is 0.0776. The summed E-state index contributed by atoms with van der Waals surface area (Å²) in [7, 11) is 0. The van der Waals surface area contributed by atoms with Gasteiger partial charge >= 0.3 is 0 Å². The Morgan fingerprint density at radius 1 is 1.39 bits per heavy atom. The molecule has 2 nitrogen and oxygen atoms in total. The molecule has 1 aromatic heterocycles. The summed E-state index contributed by atoms with van der Waals surface area (Å²) in [5, 5.41) is 2.12. The van der Waals surface area contributed by atoms with Crippen molar-refractivity contribution < 1.29 is 0 Å². The molecule has 0 aliphatic carbocycles. The van der Waals surface area contributed by atoms with E-state index >= 15 is 0 Å². The predicted molar refractivity (Wildman–Crippen MR) is 83.1 cm³/mol. The van der Waals surface area contributed by atoms with Crippen molar-refractivity contribution in [2.75, 3.05) is 13.1 Å². The van der Waals surface area contributed by atoms with Gasteiger partial charge in [-0.1, -0.05) is 13.8 Å². The first-order chi connectivity index (χ1) is 8.65. The van der Waals surface area contributed by atoms with Gasteiger partial charge in [0.2, 0.25) is 0 Å². The average molecular weight is 331 g/mol. The van der Waals surface area contributed by atoms with Gasteiger partial charge in [-0.05, 0) is 66.1 Å². The largest absolute Gasteiger partial charge is 0.322 e. The smallest absolute Gasteiger partial charge is 0.0588 e. The zero-order chi connectivity index (χ0) is 13.2. The summed E-state index contributed by atoms with van der Waals surface area (Å²) in [5.41, 5.74) is 6.79. The van der Waals surface area contributed by atoms with Crippen LogP contribution in [0.3, 0.4) is 0 Å². The van der Waals surface area contributed by atoms with E-state index in [1.54, 1.807) is 11.3 Å². The minimum Gasteiger partial charge on any atom is -0.322 e. The maximum absolute atomic E-state index is 6.66. The molecule has 0 amide bonds. The van der Waals surface area contributed by atoms with E-state index < -0.39 is 0 Å². The highest BCUT2D eigenvalue weighted by atomic mass is 79.9. The fourth-order valence-electron chi connectivity index (χ4n) is 3.27. The quantitative estimate of drug-likeness (QED) is 0.878. The molecule has 4 heteroatoms. The maximum atomic E-state index is 6.66. The van der Waals surface area contributed by atoms with Gasteiger partial charge in [0.15, 0.2) is 0 Å². The number of hydrogen-bond donors (Lipinski definition) is 1. The Bertz CT molecular complexity index is 381. The molecule has 2 N–H and O–H groups in total. The van der Waals surface area contributed by atoms with Gasteiger partial charge < -0.3 is 5.73 Å². The van der Waals surface area contributed by atoms with Crippen molar-refractivity contribution in [3.05, 3.63) is 20.8 Å². The lowest BCUT2D eigenvalue weighted by Gasteiger charge is -2.45. The zero-order valence-corrected chi connectivity index (χ0v) is 13.7. The summed E-state index contributed by atoms with van der Waals surface area (Å²) >= 11 is 5.41. The van der Waals surface area contributed by atoms with Crippen LogP contribution >= 0.6 is 27.3 Å². The second-order valence-electron chi connectivity index (χ2n) is 5.12. The maximum Gasteiger partial charge on any atom is 0.0588 e. The standard InChI is InChI=1S/C14H23BrN2S/c1-3-14(4-2,17-8-5-6-9-17)13(16)12-11(15)7-10-18-12/h7,10,13H,3-6,8-9,16H2,1-2H3. The summed E-state index contributed by atoms with van der Waals surface area (Å²) in [4.78, 5) is 3.93. The Morgan fingerprint density at radius 2 is 2.00 bits per heavy atom. The molecule has 1 fully saturated rings. The topological polar surface area (TPSA) is 29.3 Å². The number of rotatable bonds is 5. The highest BCUT2D eigenvalue weighted by Crippen LogP contribution is 2.41. The van der Waals surface area contributed by atoms with Crippen molar-refractivity contribution >= 4 is 27.3 Å². The molecular weight excluding hydrogens is 308 g/mol. The van der Waals surface area contributed by atoms with E-state index in [1.807, 2.05) is 0 Å². The zero-order valence-electron chi connectivity index (χ0n) is 11.3. The summed E-state index contributed by atoms with van der Waals surface area (Å²) in [6.45, 7) is 6.98. The van der Waals surface area contributed by atoms with Gasteiger partial charge in [0.25, 0.3) is 0 Å². The molecule has 2 rings (SSSR count). The Kier molecular flexibility index (Phi) is 4.86. The number of nitrogens with zero attached hydrogens (tertiary/aromatic N) is 1. The molecular formula is C14H23BrN2S. The molecule has 1 saturated heterocycles. The van der Waals surface area contributed by atoms with E-state index in [9.17, 15) is 0 Å². The molecule has 2 heterocycles. The molecule has 1 aliphatic heterocycles. The number of nitrogens with two attached hydrogens (primary N) is 1. The highest BCUT2D eigenvalue weighted by Gasteiger charge is 2.41. The molecule has 102 valence electrons. The summed E-state index contributed by atoms with van der Waals surface area (Å²) in [6, 6.07) is 2.22. The molecule has 0 bridgehead atoms. The number of likely N-dealkylation sites (tertiary alicyclic amines) is 1. The number of thiophene rings is 1. The number of hydrogen-bond acceptors (Lipinski definition) is 3. The first-order valence-electron chi connectivity index (χ1n) is 6.89. The third kappa shape index (κ3) is 2.40. The third-order valence-corrected chi connectivity index (χ3v) is 6.42. The average Bonchev–Trinajstić information content (AvgIpc) is 3.02. The molecule has 18 heavy (non-hydrogen) atoms. The monoisotopic (exact) mass is 330 g/mol. The minimum absolute atomic E-state index is 0.111. The van der Waals surface area contributed by atoms with Crippen LogP contribution in [0.2, 0.25) is 0 Å². The van der Waals surface area contributed by atoms with E-state index in [-0.39, 0.29) is 11.6 Å². The lowest BCUT2D eigenvalue weighted by Crippen LogP contribution is -2.53. The van der Waals surface area contributed by atoms with Crippen LogP contribution in [0.25, 0.3) is 0 Å². The fraction of sp³-hybridized carbons (Fsp3) is 0.714. The van der Waals surface area contributed by atoms with Gasteiger partial charge in [-0.3, -0.25) is 4.90 Å². The van der Waals surface area contributed by atoms with Gasteiger partial charge in [-0.25, -0.2) is 0 Å². The van der Waals surface area contributed by atoms with Crippen LogP contribution in [0, 0.1) is 0 Å². The van der Waals surface area contributed by atoms with E-state index in [0.717, 1.165) is 12.8 Å². The van der Waals surface area contributed by atoms with Crippen molar-refractivity contribution in [2.24, 2.45) is 5.73 Å². The Balaban J connectivity index is 2.31. The Hall–Kier alpha value is 0.1000. The van der Waals surface area contributed by atoms with E-state index in [0.29, 0.717) is 0 Å². The van der Waals surface area contributed by atoms with Crippen LogP contribution in [-0.2, 0) is 0 Å². The van der Waals surface area contributed by atoms with Crippen molar-refractivity contribution in [3.63, 3.8) is 0 Å². The lowest BCUT2D eigenvalue weighted by atomic mass is 9.82. The first-order valence-corrected chi connectivity index (χ1v) is 8.56. The number of halogens is 1. The fourth-order valence-corrected chi connectivity index (χ4v) is 5.00. The predicted octanol–water partition coefficient (Wildman–Crippen LogP) is 4.17. The molecule has 0 saturated carbocycles. The van der Waals surface area contributed by atoms with Gasteiger partial charge in [0, 0.05) is 14.9 Å². The highest BCUT2D eigenvalue weighted by molar-refractivity contribution is 9.10. The van der Waals surface area contributed by atoms with E-state index in [4.69, 9.17) is 5.73 Å². The third-order valence-electron chi connectivity index (χ3n) is 4.47. The summed E-state index contributed by atoms with van der Waals surface area (Å²) < 4.78 is 1.17. The second-order valence-corrected chi connectivity index (χ2v) is 6.92. The van der Waals surface area contributed by atoms with Crippen molar-refractivity contribution in [2.45, 2.75) is 51.1 Å². The summed E-state index contributed by atoms with van der Waals surface area (Å²) in [6.07, 6.45) is 4.88. The van der Waals surface area contributed by atoms with Crippen LogP contribution < -0.4 is 5.73 Å². The van der Waals surface area contributed by atoms with Crippen LogP contribution in [-0.4, -0.2) is 23.5 Å². The Labute approximate surface area is 123 Å². The minimum atomic E-state index is 0.111. The van der Waals surface area contributed by atoms with Gasteiger partial charge in [0.1, 0.15) is 0 Å². The van der Waals surface area contributed by atoms with Crippen LogP contribution in [0.15, 0.2) is 15.9 Å². The molecule has 0 spiro atoms. The van der Waals surface area contributed by atoms with Crippen LogP contribution in [0.1, 0.15) is 50.4 Å². The van der Waals surface area contributed by atoms with E-state index in [1.165, 1.54) is 35.3 Å². The molecule has 1 atom stereocenters. The Morgan fingerprint density at radius 3 is 2.44 bits per heavy atom. The molecule has 0 radical (unpaired) electrons. The summed E-state index contributed by atoms with van der Waals surface area (Å²) in [5.74, 6) is 0. The van der Waals surface area contributed by atoms with Gasteiger partial charge in [-0.2, -0.15) is 0 Å². The molecule has 0 aromatic carbocycles. The van der Waals surface area contributed by atoms with Crippen LogP contribution in [0.4, 0.5) is 0 Å². The molecule has 1 aromatic rings. The van der Waals surface area contributed by atoms with Crippen molar-refractivity contribution in [1.82, 2.24) is 4.90 Å². The van der Waals surface area contributed by atoms with Gasteiger partial charge in [-0.15, -0.1) is 11.3 Å². The molecule has 1 unspecified atom stereocenters.